The Labute approximate surface area is 157 Å². The van der Waals surface area contributed by atoms with Crippen LogP contribution in [0.4, 0.5) is 6.01 Å². The van der Waals surface area contributed by atoms with E-state index < -0.39 is 5.54 Å². The number of nitrogens with zero attached hydrogens (tertiary/aromatic N) is 3. The molecule has 144 valence electrons. The summed E-state index contributed by atoms with van der Waals surface area (Å²) in [6, 6.07) is 8.01. The number of primary amides is 2. The average molecular weight is 371 g/mol. The third-order valence-corrected chi connectivity index (χ3v) is 5.94. The van der Waals surface area contributed by atoms with Crippen molar-refractivity contribution in [3.05, 3.63) is 24.3 Å². The SMILES string of the molecule is NC(=O)CN1CC[C@H](C2(C(N)=O)CCCCN2c2nc3ccccc3o2)C1. The van der Waals surface area contributed by atoms with E-state index in [-0.39, 0.29) is 24.3 Å². The fraction of sp³-hybridized carbons (Fsp3) is 0.526. The van der Waals surface area contributed by atoms with E-state index in [0.29, 0.717) is 31.1 Å². The van der Waals surface area contributed by atoms with Crippen molar-refractivity contribution in [2.45, 2.75) is 31.2 Å². The Morgan fingerprint density at radius 3 is 2.78 bits per heavy atom. The second kappa shape index (κ2) is 6.84. The van der Waals surface area contributed by atoms with Crippen LogP contribution in [0.3, 0.4) is 0 Å². The zero-order valence-electron chi connectivity index (χ0n) is 15.3. The molecule has 0 aliphatic carbocycles. The van der Waals surface area contributed by atoms with Crippen LogP contribution < -0.4 is 16.4 Å². The van der Waals surface area contributed by atoms with Gasteiger partial charge in [-0.25, -0.2) is 0 Å². The Balaban J connectivity index is 1.70. The van der Waals surface area contributed by atoms with E-state index in [2.05, 4.69) is 4.98 Å². The van der Waals surface area contributed by atoms with Gasteiger partial charge in [0.1, 0.15) is 11.1 Å². The zero-order valence-corrected chi connectivity index (χ0v) is 15.3. The van der Waals surface area contributed by atoms with Crippen LogP contribution in [0.2, 0.25) is 0 Å². The highest BCUT2D eigenvalue weighted by atomic mass is 16.4. The van der Waals surface area contributed by atoms with Gasteiger partial charge in [0.25, 0.3) is 6.01 Å². The molecule has 2 amide bonds. The van der Waals surface area contributed by atoms with E-state index in [1.807, 2.05) is 34.1 Å². The highest BCUT2D eigenvalue weighted by Gasteiger charge is 2.53. The fourth-order valence-corrected chi connectivity index (χ4v) is 4.71. The number of likely N-dealkylation sites (tertiary alicyclic amines) is 1. The van der Waals surface area contributed by atoms with E-state index in [0.717, 1.165) is 31.3 Å². The zero-order chi connectivity index (χ0) is 19.0. The smallest absolute Gasteiger partial charge is 0.299 e. The summed E-state index contributed by atoms with van der Waals surface area (Å²) in [6.07, 6.45) is 3.32. The van der Waals surface area contributed by atoms with Gasteiger partial charge in [-0.1, -0.05) is 12.1 Å². The van der Waals surface area contributed by atoms with Crippen LogP contribution in [0.1, 0.15) is 25.7 Å². The van der Waals surface area contributed by atoms with Crippen molar-refractivity contribution in [2.75, 3.05) is 31.1 Å². The number of amides is 2. The maximum atomic E-state index is 12.8. The van der Waals surface area contributed by atoms with Crippen molar-refractivity contribution < 1.29 is 14.0 Å². The number of piperidine rings is 1. The minimum absolute atomic E-state index is 0.00432. The topological polar surface area (TPSA) is 119 Å². The number of hydrogen-bond donors (Lipinski definition) is 2. The molecule has 2 fully saturated rings. The molecule has 2 aromatic rings. The molecule has 0 saturated carbocycles. The molecule has 2 aliphatic rings. The molecule has 8 heteroatoms. The van der Waals surface area contributed by atoms with Gasteiger partial charge < -0.3 is 20.8 Å². The predicted molar refractivity (Wildman–Crippen MR) is 101 cm³/mol. The van der Waals surface area contributed by atoms with Crippen molar-refractivity contribution in [2.24, 2.45) is 17.4 Å². The third kappa shape index (κ3) is 3.03. The van der Waals surface area contributed by atoms with Gasteiger partial charge in [0.2, 0.25) is 11.8 Å². The van der Waals surface area contributed by atoms with Crippen LogP contribution in [0.5, 0.6) is 0 Å². The molecule has 0 spiro atoms. The summed E-state index contributed by atoms with van der Waals surface area (Å²) in [5.74, 6) is -0.705. The van der Waals surface area contributed by atoms with E-state index in [1.165, 1.54) is 0 Å². The Morgan fingerprint density at radius 2 is 2.04 bits per heavy atom. The van der Waals surface area contributed by atoms with Crippen LogP contribution in [0, 0.1) is 5.92 Å². The minimum atomic E-state index is -0.856. The van der Waals surface area contributed by atoms with Crippen LogP contribution in [-0.2, 0) is 9.59 Å². The summed E-state index contributed by atoms with van der Waals surface area (Å²) in [6.45, 7) is 2.21. The van der Waals surface area contributed by atoms with Crippen molar-refractivity contribution in [1.29, 1.82) is 0 Å². The molecule has 27 heavy (non-hydrogen) atoms. The molecule has 1 aromatic carbocycles. The maximum absolute atomic E-state index is 12.8. The molecule has 4 N–H and O–H groups in total. The quantitative estimate of drug-likeness (QED) is 0.804. The van der Waals surface area contributed by atoms with Crippen molar-refractivity contribution in [1.82, 2.24) is 9.88 Å². The number of aromatic nitrogens is 1. The number of benzene rings is 1. The summed E-state index contributed by atoms with van der Waals surface area (Å²) in [4.78, 5) is 32.7. The largest absolute Gasteiger partial charge is 0.423 e. The fourth-order valence-electron chi connectivity index (χ4n) is 4.71. The van der Waals surface area contributed by atoms with Gasteiger partial charge in [0, 0.05) is 19.0 Å². The second-order valence-electron chi connectivity index (χ2n) is 7.55. The second-order valence-corrected chi connectivity index (χ2v) is 7.55. The van der Waals surface area contributed by atoms with Crippen molar-refractivity contribution >= 4 is 28.9 Å². The first kappa shape index (κ1) is 17.8. The van der Waals surface area contributed by atoms with Crippen LogP contribution >= 0.6 is 0 Å². The highest BCUT2D eigenvalue weighted by Crippen LogP contribution is 2.42. The Hall–Kier alpha value is -2.61. The lowest BCUT2D eigenvalue weighted by Gasteiger charge is -2.47. The maximum Gasteiger partial charge on any atom is 0.299 e. The van der Waals surface area contributed by atoms with Crippen LogP contribution in [-0.4, -0.2) is 53.4 Å². The van der Waals surface area contributed by atoms with Gasteiger partial charge in [0.15, 0.2) is 5.58 Å². The number of hydrogen-bond acceptors (Lipinski definition) is 6. The summed E-state index contributed by atoms with van der Waals surface area (Å²) < 4.78 is 5.98. The number of carbonyl (C=O) groups is 2. The number of anilines is 1. The first-order valence-electron chi connectivity index (χ1n) is 9.44. The molecule has 2 aliphatic heterocycles. The number of para-hydroxylation sites is 2. The van der Waals surface area contributed by atoms with Crippen molar-refractivity contribution in [3.8, 4) is 0 Å². The lowest BCUT2D eigenvalue weighted by atomic mass is 9.75. The molecule has 1 aromatic heterocycles. The standard InChI is InChI=1S/C19H25N5O3/c20-16(25)12-23-10-7-13(11-23)19(17(21)26)8-3-4-9-24(19)18-22-14-5-1-2-6-15(14)27-18/h1-2,5-6,13H,3-4,7-12H2,(H2,20,25)(H2,21,26)/t13-,19?/m0/s1. The van der Waals surface area contributed by atoms with Crippen molar-refractivity contribution in [3.63, 3.8) is 0 Å². The van der Waals surface area contributed by atoms with Gasteiger partial charge in [-0.3, -0.25) is 14.5 Å². The van der Waals surface area contributed by atoms with Gasteiger partial charge >= 0.3 is 0 Å². The normalized spacial score (nSPS) is 26.5. The molecule has 0 radical (unpaired) electrons. The molecule has 3 heterocycles. The first-order valence-corrected chi connectivity index (χ1v) is 9.44. The summed E-state index contributed by atoms with van der Waals surface area (Å²) in [5.41, 5.74) is 11.9. The van der Waals surface area contributed by atoms with Gasteiger partial charge in [-0.05, 0) is 44.4 Å². The monoisotopic (exact) mass is 371 g/mol. The van der Waals surface area contributed by atoms with Gasteiger partial charge in [0.05, 0.1) is 6.54 Å². The third-order valence-electron chi connectivity index (χ3n) is 5.94. The Morgan fingerprint density at radius 1 is 1.22 bits per heavy atom. The summed E-state index contributed by atoms with van der Waals surface area (Å²) >= 11 is 0. The minimum Gasteiger partial charge on any atom is -0.423 e. The molecular weight excluding hydrogens is 346 g/mol. The van der Waals surface area contributed by atoms with E-state index >= 15 is 0 Å². The summed E-state index contributed by atoms with van der Waals surface area (Å²) in [5, 5.41) is 0. The van der Waals surface area contributed by atoms with Gasteiger partial charge in [-0.15, -0.1) is 0 Å². The average Bonchev–Trinajstić information content (AvgIpc) is 3.27. The number of carbonyl (C=O) groups excluding carboxylic acids is 2. The van der Waals surface area contributed by atoms with E-state index in [4.69, 9.17) is 15.9 Å². The van der Waals surface area contributed by atoms with Gasteiger partial charge in [-0.2, -0.15) is 4.98 Å². The summed E-state index contributed by atoms with van der Waals surface area (Å²) in [7, 11) is 0. The molecule has 4 rings (SSSR count). The number of rotatable bonds is 5. The first-order chi connectivity index (χ1) is 13.0. The number of oxazole rings is 1. The molecule has 2 atom stereocenters. The number of nitrogens with two attached hydrogens (primary N) is 2. The Bertz CT molecular complexity index is 833. The lowest BCUT2D eigenvalue weighted by molar-refractivity contribution is -0.126. The molecule has 2 saturated heterocycles. The molecule has 8 nitrogen and oxygen atoms in total. The Kier molecular flexibility index (Phi) is 4.51. The highest BCUT2D eigenvalue weighted by molar-refractivity contribution is 5.89. The molecule has 1 unspecified atom stereocenters. The van der Waals surface area contributed by atoms with E-state index in [9.17, 15) is 9.59 Å². The molecule has 0 bridgehead atoms. The number of fused-ring (bicyclic) bond motifs is 1. The predicted octanol–water partition coefficient (Wildman–Crippen LogP) is 0.849. The van der Waals surface area contributed by atoms with E-state index in [1.54, 1.807) is 0 Å². The van der Waals surface area contributed by atoms with Crippen LogP contribution in [0.25, 0.3) is 11.1 Å². The molecular formula is C19H25N5O3. The van der Waals surface area contributed by atoms with Crippen LogP contribution in [0.15, 0.2) is 28.7 Å². The lowest BCUT2D eigenvalue weighted by Crippen LogP contribution is -2.65.